The monoisotopic (exact) mass is 348 g/mol. The summed E-state index contributed by atoms with van der Waals surface area (Å²) in [5, 5.41) is 0. The fourth-order valence-corrected chi connectivity index (χ4v) is 3.92. The molecule has 1 heterocycles. The van der Waals surface area contributed by atoms with Gasteiger partial charge in [-0.3, -0.25) is 4.79 Å². The van der Waals surface area contributed by atoms with Gasteiger partial charge in [0.05, 0.1) is 11.9 Å². The highest BCUT2D eigenvalue weighted by Gasteiger charge is 2.37. The molecule has 2 aromatic rings. The van der Waals surface area contributed by atoms with Gasteiger partial charge in [-0.2, -0.15) is 0 Å². The second-order valence-corrected chi connectivity index (χ2v) is 8.51. The first-order valence-electron chi connectivity index (χ1n) is 7.84. The number of oxazole rings is 1. The highest BCUT2D eigenvalue weighted by Crippen LogP contribution is 2.31. The van der Waals surface area contributed by atoms with Crippen LogP contribution in [0, 0.1) is 0 Å². The summed E-state index contributed by atoms with van der Waals surface area (Å²) in [6.07, 6.45) is 6.02. The third-order valence-corrected chi connectivity index (χ3v) is 5.13. The summed E-state index contributed by atoms with van der Waals surface area (Å²) < 4.78 is 28.4. The maximum atomic E-state index is 12.8. The molecule has 1 unspecified atom stereocenters. The first kappa shape index (κ1) is 16.7. The Balaban J connectivity index is 1.80. The lowest BCUT2D eigenvalue weighted by Gasteiger charge is -2.29. The average Bonchev–Trinajstić information content (AvgIpc) is 3.18. The van der Waals surface area contributed by atoms with E-state index in [2.05, 4.69) is 4.98 Å². The highest BCUT2D eigenvalue weighted by molar-refractivity contribution is 7.90. The fraction of sp³-hybridized carbons (Fsp3) is 0.412. The van der Waals surface area contributed by atoms with Gasteiger partial charge < -0.3 is 9.32 Å². The predicted octanol–water partition coefficient (Wildman–Crippen LogP) is 2.38. The molecule has 0 aliphatic heterocycles. The molecule has 6 nitrogen and oxygen atoms in total. The van der Waals surface area contributed by atoms with E-state index in [1.165, 1.54) is 12.6 Å². The summed E-state index contributed by atoms with van der Waals surface area (Å²) in [6, 6.07) is 6.89. The molecule has 1 atom stereocenters. The second kappa shape index (κ2) is 6.39. The summed E-state index contributed by atoms with van der Waals surface area (Å²) >= 11 is 0. The lowest BCUT2D eigenvalue weighted by molar-refractivity contribution is 0.0693. The third-order valence-electron chi connectivity index (χ3n) is 4.04. The summed E-state index contributed by atoms with van der Waals surface area (Å²) in [7, 11) is -3.14. The Morgan fingerprint density at radius 3 is 2.50 bits per heavy atom. The lowest BCUT2D eigenvalue weighted by Crippen LogP contribution is -2.43. The summed E-state index contributed by atoms with van der Waals surface area (Å²) in [5.41, 5.74) is 1.39. The number of carbonyl (C=O) groups excluding carboxylic acids is 1. The fourth-order valence-electron chi connectivity index (χ4n) is 2.88. The Labute approximate surface area is 141 Å². The molecule has 1 amide bonds. The largest absolute Gasteiger partial charge is 0.444 e. The van der Waals surface area contributed by atoms with Crippen molar-refractivity contribution in [3.63, 3.8) is 0 Å². The van der Waals surface area contributed by atoms with Gasteiger partial charge in [0.15, 0.2) is 12.2 Å². The second-order valence-electron chi connectivity index (χ2n) is 6.33. The number of hydrogen-bond acceptors (Lipinski definition) is 5. The van der Waals surface area contributed by atoms with Crippen molar-refractivity contribution in [2.45, 2.75) is 31.8 Å². The van der Waals surface area contributed by atoms with Crippen molar-refractivity contribution in [2.24, 2.45) is 0 Å². The van der Waals surface area contributed by atoms with Crippen LogP contribution < -0.4 is 0 Å². The predicted molar refractivity (Wildman–Crippen MR) is 90.3 cm³/mol. The first-order chi connectivity index (χ1) is 11.3. The normalized spacial score (nSPS) is 15.9. The zero-order valence-electron chi connectivity index (χ0n) is 13.7. The van der Waals surface area contributed by atoms with Crippen LogP contribution in [0.25, 0.3) is 11.3 Å². The Morgan fingerprint density at radius 1 is 1.33 bits per heavy atom. The molecule has 0 spiro atoms. The van der Waals surface area contributed by atoms with E-state index in [1.807, 2.05) is 0 Å². The van der Waals surface area contributed by atoms with Crippen molar-refractivity contribution >= 4 is 15.7 Å². The van der Waals surface area contributed by atoms with Gasteiger partial charge in [0.25, 0.3) is 5.91 Å². The van der Waals surface area contributed by atoms with Crippen molar-refractivity contribution in [2.75, 3.05) is 12.0 Å². The average molecular weight is 348 g/mol. The van der Waals surface area contributed by atoms with E-state index >= 15 is 0 Å². The van der Waals surface area contributed by atoms with Crippen LogP contribution in [0.4, 0.5) is 0 Å². The van der Waals surface area contributed by atoms with Gasteiger partial charge in [-0.25, -0.2) is 13.4 Å². The third kappa shape index (κ3) is 3.84. The van der Waals surface area contributed by atoms with Gasteiger partial charge in [-0.05, 0) is 31.9 Å². The molecule has 1 fully saturated rings. The number of amides is 1. The number of rotatable bonds is 6. The highest BCUT2D eigenvalue weighted by atomic mass is 32.2. The molecule has 1 saturated carbocycles. The first-order valence-corrected chi connectivity index (χ1v) is 9.90. The van der Waals surface area contributed by atoms with E-state index in [4.69, 9.17) is 4.42 Å². The molecule has 128 valence electrons. The number of sulfone groups is 1. The van der Waals surface area contributed by atoms with Crippen molar-refractivity contribution in [1.82, 2.24) is 9.88 Å². The molecule has 1 aliphatic rings. The molecular weight excluding hydrogens is 328 g/mol. The number of nitrogens with zero attached hydrogens (tertiary/aromatic N) is 2. The zero-order chi connectivity index (χ0) is 17.3. The molecule has 1 aliphatic carbocycles. The van der Waals surface area contributed by atoms with E-state index in [0.29, 0.717) is 11.3 Å². The van der Waals surface area contributed by atoms with E-state index in [-0.39, 0.29) is 23.7 Å². The summed E-state index contributed by atoms with van der Waals surface area (Å²) in [4.78, 5) is 18.4. The lowest BCUT2D eigenvalue weighted by atomic mass is 10.1. The summed E-state index contributed by atoms with van der Waals surface area (Å²) in [6.45, 7) is 1.79. The van der Waals surface area contributed by atoms with Gasteiger partial charge in [0.1, 0.15) is 9.84 Å². The Kier molecular flexibility index (Phi) is 4.45. The molecule has 0 N–H and O–H groups in total. The minimum absolute atomic E-state index is 0.0224. The maximum Gasteiger partial charge on any atom is 0.254 e. The van der Waals surface area contributed by atoms with Crippen LogP contribution in [0.15, 0.2) is 41.3 Å². The van der Waals surface area contributed by atoms with Gasteiger partial charge >= 0.3 is 0 Å². The van der Waals surface area contributed by atoms with Crippen LogP contribution in [0.2, 0.25) is 0 Å². The van der Waals surface area contributed by atoms with Crippen molar-refractivity contribution in [3.05, 3.63) is 42.4 Å². The standard InChI is InChI=1S/C17H20N2O4S/c1-12(10-24(2,21)22)19(15-7-8-15)17(20)14-5-3-13(4-6-14)16-9-18-11-23-16/h3-6,9,11-12,15H,7-8,10H2,1-2H3. The molecule has 1 aromatic heterocycles. The molecule has 24 heavy (non-hydrogen) atoms. The van der Waals surface area contributed by atoms with Crippen LogP contribution >= 0.6 is 0 Å². The molecule has 7 heteroatoms. The zero-order valence-corrected chi connectivity index (χ0v) is 14.5. The quantitative estimate of drug-likeness (QED) is 0.801. The number of aromatic nitrogens is 1. The van der Waals surface area contributed by atoms with Crippen molar-refractivity contribution in [3.8, 4) is 11.3 Å². The molecule has 3 rings (SSSR count). The smallest absolute Gasteiger partial charge is 0.254 e. The van der Waals surface area contributed by atoms with Crippen LogP contribution in [0.1, 0.15) is 30.1 Å². The van der Waals surface area contributed by atoms with E-state index in [0.717, 1.165) is 18.4 Å². The van der Waals surface area contributed by atoms with Gasteiger partial charge in [0.2, 0.25) is 0 Å². The Hall–Kier alpha value is -2.15. The number of benzene rings is 1. The molecule has 0 saturated heterocycles. The number of hydrogen-bond donors (Lipinski definition) is 0. The molecule has 0 radical (unpaired) electrons. The minimum atomic E-state index is -3.14. The number of carbonyl (C=O) groups is 1. The Morgan fingerprint density at radius 2 is 2.00 bits per heavy atom. The van der Waals surface area contributed by atoms with Crippen molar-refractivity contribution < 1.29 is 17.6 Å². The van der Waals surface area contributed by atoms with Gasteiger partial charge in [0, 0.05) is 29.5 Å². The van der Waals surface area contributed by atoms with Gasteiger partial charge in [-0.1, -0.05) is 12.1 Å². The molecular formula is C17H20N2O4S. The van der Waals surface area contributed by atoms with E-state index < -0.39 is 9.84 Å². The van der Waals surface area contributed by atoms with Crippen LogP contribution in [-0.4, -0.2) is 48.3 Å². The van der Waals surface area contributed by atoms with Crippen LogP contribution in [0.3, 0.4) is 0 Å². The van der Waals surface area contributed by atoms with Crippen LogP contribution in [0.5, 0.6) is 0 Å². The van der Waals surface area contributed by atoms with E-state index in [1.54, 1.807) is 42.3 Å². The molecule has 0 bridgehead atoms. The van der Waals surface area contributed by atoms with Crippen molar-refractivity contribution in [1.29, 1.82) is 0 Å². The van der Waals surface area contributed by atoms with E-state index in [9.17, 15) is 13.2 Å². The maximum absolute atomic E-state index is 12.8. The van der Waals surface area contributed by atoms with Crippen LogP contribution in [-0.2, 0) is 9.84 Å². The SMILES string of the molecule is CC(CS(C)(=O)=O)N(C(=O)c1ccc(-c2cnco2)cc1)C1CC1. The Bertz CT molecular complexity index is 809. The minimum Gasteiger partial charge on any atom is -0.444 e. The molecule has 1 aromatic carbocycles. The van der Waals surface area contributed by atoms with Gasteiger partial charge in [-0.15, -0.1) is 0 Å². The topological polar surface area (TPSA) is 80.5 Å². The summed E-state index contributed by atoms with van der Waals surface area (Å²) in [5.74, 6) is 0.488.